The van der Waals surface area contributed by atoms with Gasteiger partial charge < -0.3 is 10.1 Å². The van der Waals surface area contributed by atoms with E-state index in [2.05, 4.69) is 32.2 Å². The predicted octanol–water partition coefficient (Wildman–Crippen LogP) is 3.92. The first-order valence-electron chi connectivity index (χ1n) is 6.64. The lowest BCUT2D eigenvalue weighted by atomic mass is 9.96. The van der Waals surface area contributed by atoms with Crippen LogP contribution in [-0.2, 0) is 6.42 Å². The molecule has 1 aromatic rings. The Bertz CT molecular complexity index is 366. The first kappa shape index (κ1) is 15.3. The molecule has 0 fully saturated rings. The second-order valence-corrected chi connectivity index (χ2v) is 5.32. The largest absolute Gasteiger partial charge is 0.495 e. The average molecular weight is 270 g/mol. The lowest BCUT2D eigenvalue weighted by Gasteiger charge is -2.21. The number of methoxy groups -OCH3 is 1. The zero-order valence-electron chi connectivity index (χ0n) is 11.8. The minimum Gasteiger partial charge on any atom is -0.495 e. The minimum atomic E-state index is 0.566. The van der Waals surface area contributed by atoms with Crippen LogP contribution in [0, 0.1) is 5.92 Å². The van der Waals surface area contributed by atoms with Crippen LogP contribution in [0.15, 0.2) is 18.2 Å². The van der Waals surface area contributed by atoms with E-state index >= 15 is 0 Å². The number of hydrogen-bond acceptors (Lipinski definition) is 2. The highest BCUT2D eigenvalue weighted by atomic mass is 35.5. The van der Waals surface area contributed by atoms with Crippen molar-refractivity contribution < 1.29 is 4.74 Å². The molecule has 3 heteroatoms. The van der Waals surface area contributed by atoms with Crippen LogP contribution in [0.5, 0.6) is 5.75 Å². The van der Waals surface area contributed by atoms with E-state index in [1.54, 1.807) is 7.11 Å². The molecule has 0 aromatic heterocycles. The van der Waals surface area contributed by atoms with Crippen LogP contribution in [0.1, 0.15) is 32.8 Å². The fourth-order valence-electron chi connectivity index (χ4n) is 2.12. The Kier molecular flexibility index (Phi) is 6.51. The fourth-order valence-corrected chi connectivity index (χ4v) is 2.31. The lowest BCUT2D eigenvalue weighted by Crippen LogP contribution is -2.34. The molecule has 102 valence electrons. The number of nitrogens with one attached hydrogen (secondary N) is 1. The zero-order chi connectivity index (χ0) is 13.5. The summed E-state index contributed by atoms with van der Waals surface area (Å²) in [5.41, 5.74) is 1.28. The number of rotatable bonds is 7. The third kappa shape index (κ3) is 4.51. The summed E-state index contributed by atoms with van der Waals surface area (Å²) in [7, 11) is 1.65. The maximum absolute atomic E-state index is 6.02. The van der Waals surface area contributed by atoms with E-state index in [1.807, 2.05) is 12.1 Å². The van der Waals surface area contributed by atoms with Gasteiger partial charge in [0, 0.05) is 6.04 Å². The first-order valence-corrected chi connectivity index (χ1v) is 7.02. The maximum atomic E-state index is 6.02. The smallest absolute Gasteiger partial charge is 0.137 e. The van der Waals surface area contributed by atoms with Crippen LogP contribution in [0.3, 0.4) is 0 Å². The molecule has 0 aliphatic heterocycles. The molecule has 0 spiro atoms. The van der Waals surface area contributed by atoms with E-state index in [0.29, 0.717) is 17.0 Å². The van der Waals surface area contributed by atoms with E-state index in [0.717, 1.165) is 25.1 Å². The van der Waals surface area contributed by atoms with Crippen molar-refractivity contribution in [3.63, 3.8) is 0 Å². The number of aryl methyl sites for hydroxylation is 1. The van der Waals surface area contributed by atoms with Gasteiger partial charge in [-0.15, -0.1) is 0 Å². The molecule has 0 saturated carbocycles. The van der Waals surface area contributed by atoms with Crippen molar-refractivity contribution in [2.24, 2.45) is 5.92 Å². The van der Waals surface area contributed by atoms with Gasteiger partial charge in [0.15, 0.2) is 0 Å². The van der Waals surface area contributed by atoms with Gasteiger partial charge >= 0.3 is 0 Å². The van der Waals surface area contributed by atoms with Crippen molar-refractivity contribution in [3.05, 3.63) is 28.8 Å². The quantitative estimate of drug-likeness (QED) is 0.810. The Morgan fingerprint density at radius 3 is 2.61 bits per heavy atom. The van der Waals surface area contributed by atoms with Crippen LogP contribution < -0.4 is 10.1 Å². The normalized spacial score (nSPS) is 12.8. The monoisotopic (exact) mass is 269 g/mol. The Morgan fingerprint density at radius 2 is 2.06 bits per heavy atom. The maximum Gasteiger partial charge on any atom is 0.137 e. The molecule has 0 heterocycles. The highest BCUT2D eigenvalue weighted by Gasteiger charge is 2.12. The summed E-state index contributed by atoms with van der Waals surface area (Å²) in [5.74, 6) is 1.41. The van der Waals surface area contributed by atoms with Gasteiger partial charge in [-0.2, -0.15) is 0 Å². The minimum absolute atomic E-state index is 0.566. The molecule has 0 bridgehead atoms. The fraction of sp³-hybridized carbons (Fsp3) is 0.600. The van der Waals surface area contributed by atoms with Gasteiger partial charge in [0.05, 0.1) is 12.1 Å². The summed E-state index contributed by atoms with van der Waals surface area (Å²) in [5, 5.41) is 4.21. The van der Waals surface area contributed by atoms with Gasteiger partial charge in [-0.1, -0.05) is 38.4 Å². The van der Waals surface area contributed by atoms with Crippen molar-refractivity contribution in [1.82, 2.24) is 5.32 Å². The Balaban J connectivity index is 2.61. The number of benzene rings is 1. The van der Waals surface area contributed by atoms with Crippen molar-refractivity contribution in [2.45, 2.75) is 39.7 Å². The number of hydrogen-bond donors (Lipinski definition) is 1. The summed E-state index contributed by atoms with van der Waals surface area (Å²) >= 11 is 6.02. The Labute approximate surface area is 116 Å². The topological polar surface area (TPSA) is 21.3 Å². The van der Waals surface area contributed by atoms with E-state index in [9.17, 15) is 0 Å². The highest BCUT2D eigenvalue weighted by molar-refractivity contribution is 6.32. The third-order valence-electron chi connectivity index (χ3n) is 3.23. The molecule has 0 amide bonds. The van der Waals surface area contributed by atoms with Gasteiger partial charge in [0.25, 0.3) is 0 Å². The van der Waals surface area contributed by atoms with Gasteiger partial charge in [-0.05, 0) is 43.0 Å². The molecule has 18 heavy (non-hydrogen) atoms. The predicted molar refractivity (Wildman–Crippen MR) is 78.6 cm³/mol. The average Bonchev–Trinajstić information content (AvgIpc) is 2.35. The summed E-state index contributed by atoms with van der Waals surface area (Å²) in [4.78, 5) is 0. The molecule has 2 nitrogen and oxygen atoms in total. The van der Waals surface area contributed by atoms with Crippen molar-refractivity contribution in [2.75, 3.05) is 13.7 Å². The molecule has 0 saturated heterocycles. The molecule has 0 aliphatic rings. The van der Waals surface area contributed by atoms with E-state index in [-0.39, 0.29) is 0 Å². The van der Waals surface area contributed by atoms with Crippen molar-refractivity contribution in [3.8, 4) is 5.75 Å². The van der Waals surface area contributed by atoms with Crippen LogP contribution >= 0.6 is 11.6 Å². The van der Waals surface area contributed by atoms with E-state index in [1.165, 1.54) is 5.56 Å². The second-order valence-electron chi connectivity index (χ2n) is 4.92. The molecule has 1 atom stereocenters. The summed E-state index contributed by atoms with van der Waals surface area (Å²) in [6.45, 7) is 7.69. The summed E-state index contributed by atoms with van der Waals surface area (Å²) in [6.07, 6.45) is 2.18. The number of halogens is 1. The zero-order valence-corrected chi connectivity index (χ0v) is 12.6. The van der Waals surface area contributed by atoms with Crippen molar-refractivity contribution in [1.29, 1.82) is 0 Å². The molecule has 1 rings (SSSR count). The van der Waals surface area contributed by atoms with E-state index in [4.69, 9.17) is 16.3 Å². The second kappa shape index (κ2) is 7.65. The van der Waals surface area contributed by atoms with Gasteiger partial charge in [-0.3, -0.25) is 0 Å². The van der Waals surface area contributed by atoms with E-state index < -0.39 is 0 Å². The SMILES string of the molecule is CCNC(CCc1ccc(Cl)c(OC)c1)C(C)C. The van der Waals surface area contributed by atoms with Crippen LogP contribution in [0.4, 0.5) is 0 Å². The molecule has 1 aromatic carbocycles. The van der Waals surface area contributed by atoms with Gasteiger partial charge in [-0.25, -0.2) is 0 Å². The lowest BCUT2D eigenvalue weighted by molar-refractivity contribution is 0.384. The van der Waals surface area contributed by atoms with Crippen molar-refractivity contribution >= 4 is 11.6 Å². The molecule has 1 unspecified atom stereocenters. The Morgan fingerprint density at radius 1 is 1.33 bits per heavy atom. The third-order valence-corrected chi connectivity index (χ3v) is 3.54. The Hall–Kier alpha value is -0.730. The first-order chi connectivity index (χ1) is 8.58. The highest BCUT2D eigenvalue weighted by Crippen LogP contribution is 2.26. The van der Waals surface area contributed by atoms with Crippen LogP contribution in [-0.4, -0.2) is 19.7 Å². The summed E-state index contributed by atoms with van der Waals surface area (Å²) in [6, 6.07) is 6.59. The molecule has 0 aliphatic carbocycles. The molecule has 1 N–H and O–H groups in total. The van der Waals surface area contributed by atoms with Gasteiger partial charge in [0.2, 0.25) is 0 Å². The standard InChI is InChI=1S/C15H24ClNO/c1-5-17-14(11(2)3)9-7-12-6-8-13(16)15(10-12)18-4/h6,8,10-11,14,17H,5,7,9H2,1-4H3. The summed E-state index contributed by atoms with van der Waals surface area (Å²) < 4.78 is 5.24. The van der Waals surface area contributed by atoms with Crippen LogP contribution in [0.2, 0.25) is 5.02 Å². The molecular formula is C15H24ClNO. The van der Waals surface area contributed by atoms with Gasteiger partial charge in [0.1, 0.15) is 5.75 Å². The number of ether oxygens (including phenoxy) is 1. The molecular weight excluding hydrogens is 246 g/mol. The molecule has 0 radical (unpaired) electrons. The van der Waals surface area contributed by atoms with Crippen LogP contribution in [0.25, 0.3) is 0 Å².